The summed E-state index contributed by atoms with van der Waals surface area (Å²) >= 11 is 0. The minimum atomic E-state index is -4.57. The molecule has 1 saturated heterocycles. The molecule has 0 amide bonds. The highest BCUT2D eigenvalue weighted by Gasteiger charge is 2.41. The number of piperazine rings is 1. The van der Waals surface area contributed by atoms with Crippen LogP contribution in [-0.2, 0) is 19.8 Å². The van der Waals surface area contributed by atoms with Crippen molar-refractivity contribution in [3.63, 3.8) is 0 Å². The first kappa shape index (κ1) is 21.3. The van der Waals surface area contributed by atoms with E-state index in [2.05, 4.69) is 15.4 Å². The molecule has 27 heavy (non-hydrogen) atoms. The van der Waals surface area contributed by atoms with Crippen LogP contribution < -0.4 is 5.32 Å². The van der Waals surface area contributed by atoms with Crippen molar-refractivity contribution in [1.82, 2.24) is 24.9 Å². The van der Waals surface area contributed by atoms with Gasteiger partial charge < -0.3 is 10.2 Å². The average molecular weight is 400 g/mol. The van der Waals surface area contributed by atoms with E-state index in [9.17, 15) is 26.3 Å². The number of aromatic nitrogens is 2. The second kappa shape index (κ2) is 7.95. The number of nitrogens with zero attached hydrogens (tertiary/aromatic N) is 5. The standard InChI is InChI=1S/C15H22F6N6/c1-10(14(16,17)18)26-4-6-27(7-5-26)13(22-2)23-8-11-9-25(3)24-12(11)15(19,20)21/h9-10H,4-8H2,1-3H3,(H,22,23). The Bertz CT molecular complexity index is 657. The van der Waals surface area contributed by atoms with Gasteiger partial charge in [0, 0.05) is 58.6 Å². The fraction of sp³-hybridized carbons (Fsp3) is 0.733. The summed E-state index contributed by atoms with van der Waals surface area (Å²) in [5.41, 5.74) is -1.01. The zero-order valence-corrected chi connectivity index (χ0v) is 15.2. The van der Waals surface area contributed by atoms with Crippen molar-refractivity contribution in [2.75, 3.05) is 33.2 Å². The van der Waals surface area contributed by atoms with E-state index in [0.29, 0.717) is 19.0 Å². The summed E-state index contributed by atoms with van der Waals surface area (Å²) in [5, 5.41) is 6.27. The monoisotopic (exact) mass is 400 g/mol. The largest absolute Gasteiger partial charge is 0.435 e. The second-order valence-corrected chi connectivity index (χ2v) is 6.32. The molecule has 12 heteroatoms. The minimum absolute atomic E-state index is 0.0320. The Balaban J connectivity index is 1.96. The Hall–Kier alpha value is -1.98. The van der Waals surface area contributed by atoms with Gasteiger partial charge in [0.15, 0.2) is 11.7 Å². The second-order valence-electron chi connectivity index (χ2n) is 6.32. The van der Waals surface area contributed by atoms with E-state index in [0.717, 1.165) is 11.6 Å². The number of alkyl halides is 6. The zero-order valence-electron chi connectivity index (χ0n) is 15.2. The first-order chi connectivity index (χ1) is 12.4. The van der Waals surface area contributed by atoms with Crippen LogP contribution in [0.3, 0.4) is 0 Å². The molecule has 0 saturated carbocycles. The Morgan fingerprint density at radius 2 is 1.78 bits per heavy atom. The fourth-order valence-corrected chi connectivity index (χ4v) is 2.94. The molecule has 1 aliphatic heterocycles. The van der Waals surface area contributed by atoms with Gasteiger partial charge in [0.05, 0.1) is 0 Å². The Labute approximate surface area is 152 Å². The lowest BCUT2D eigenvalue weighted by molar-refractivity contribution is -0.181. The van der Waals surface area contributed by atoms with E-state index in [-0.39, 0.29) is 25.2 Å². The highest BCUT2D eigenvalue weighted by molar-refractivity contribution is 5.80. The fourth-order valence-electron chi connectivity index (χ4n) is 2.94. The third kappa shape index (κ3) is 5.27. The van der Waals surface area contributed by atoms with Crippen molar-refractivity contribution in [3.8, 4) is 0 Å². The van der Waals surface area contributed by atoms with Crippen molar-refractivity contribution < 1.29 is 26.3 Å². The highest BCUT2D eigenvalue weighted by Crippen LogP contribution is 2.30. The molecule has 1 atom stereocenters. The van der Waals surface area contributed by atoms with Crippen LogP contribution in [0.25, 0.3) is 0 Å². The lowest BCUT2D eigenvalue weighted by Crippen LogP contribution is -2.56. The Morgan fingerprint density at radius 1 is 1.19 bits per heavy atom. The molecule has 2 heterocycles. The van der Waals surface area contributed by atoms with Crippen molar-refractivity contribution in [1.29, 1.82) is 0 Å². The number of halogens is 6. The van der Waals surface area contributed by atoms with Crippen molar-refractivity contribution in [2.24, 2.45) is 12.0 Å². The van der Waals surface area contributed by atoms with Gasteiger partial charge in [-0.15, -0.1) is 0 Å². The van der Waals surface area contributed by atoms with E-state index in [1.54, 1.807) is 4.90 Å². The van der Waals surface area contributed by atoms with E-state index in [1.807, 2.05) is 0 Å². The van der Waals surface area contributed by atoms with Crippen LogP contribution in [0.2, 0.25) is 0 Å². The summed E-state index contributed by atoms with van der Waals surface area (Å²) in [6.07, 6.45) is -7.59. The number of aryl methyl sites for hydroxylation is 1. The van der Waals surface area contributed by atoms with Crippen molar-refractivity contribution in [2.45, 2.75) is 31.9 Å². The highest BCUT2D eigenvalue weighted by atomic mass is 19.4. The normalized spacial score (nSPS) is 18.7. The quantitative estimate of drug-likeness (QED) is 0.480. The van der Waals surface area contributed by atoms with Crippen molar-refractivity contribution >= 4 is 5.96 Å². The molecule has 1 aromatic rings. The lowest BCUT2D eigenvalue weighted by atomic mass is 10.2. The Kier molecular flexibility index (Phi) is 6.28. The first-order valence-corrected chi connectivity index (χ1v) is 8.29. The summed E-state index contributed by atoms with van der Waals surface area (Å²) in [6, 6.07) is -1.54. The summed E-state index contributed by atoms with van der Waals surface area (Å²) in [5.74, 6) is 0.339. The van der Waals surface area contributed by atoms with E-state index in [1.165, 1.54) is 25.2 Å². The maximum absolute atomic E-state index is 13.0. The molecule has 2 rings (SSSR count). The molecule has 154 valence electrons. The van der Waals surface area contributed by atoms with Crippen LogP contribution in [0.15, 0.2) is 11.2 Å². The van der Waals surface area contributed by atoms with Crippen LogP contribution in [0.1, 0.15) is 18.2 Å². The third-order valence-electron chi connectivity index (χ3n) is 4.46. The van der Waals surface area contributed by atoms with Gasteiger partial charge in [0.2, 0.25) is 0 Å². The van der Waals surface area contributed by atoms with Crippen molar-refractivity contribution in [3.05, 3.63) is 17.5 Å². The average Bonchev–Trinajstić information content (AvgIpc) is 2.95. The molecule has 1 fully saturated rings. The smallest absolute Gasteiger partial charge is 0.352 e. The predicted octanol–water partition coefficient (Wildman–Crippen LogP) is 2.08. The molecule has 0 radical (unpaired) electrons. The van der Waals surface area contributed by atoms with Gasteiger partial charge in [-0.25, -0.2) is 0 Å². The molecule has 6 nitrogen and oxygen atoms in total. The van der Waals surface area contributed by atoms with Gasteiger partial charge in [-0.2, -0.15) is 31.4 Å². The predicted molar refractivity (Wildman–Crippen MR) is 87.1 cm³/mol. The lowest BCUT2D eigenvalue weighted by Gasteiger charge is -2.39. The molecule has 0 spiro atoms. The van der Waals surface area contributed by atoms with Crippen LogP contribution >= 0.6 is 0 Å². The van der Waals surface area contributed by atoms with Gasteiger partial charge in [0.1, 0.15) is 6.04 Å². The maximum atomic E-state index is 13.0. The summed E-state index contributed by atoms with van der Waals surface area (Å²) in [4.78, 5) is 7.08. The summed E-state index contributed by atoms with van der Waals surface area (Å²) < 4.78 is 78.5. The van der Waals surface area contributed by atoms with Gasteiger partial charge in [-0.05, 0) is 6.92 Å². The molecular weight excluding hydrogens is 378 g/mol. The van der Waals surface area contributed by atoms with Gasteiger partial charge in [-0.3, -0.25) is 14.6 Å². The van der Waals surface area contributed by atoms with E-state index >= 15 is 0 Å². The number of nitrogens with one attached hydrogen (secondary N) is 1. The molecule has 0 aromatic carbocycles. The SMILES string of the molecule is CN=C(NCc1cn(C)nc1C(F)(F)F)N1CCN(C(C)C(F)(F)F)CC1. The van der Waals surface area contributed by atoms with Crippen LogP contribution in [0, 0.1) is 0 Å². The Morgan fingerprint density at radius 3 is 2.26 bits per heavy atom. The molecule has 1 aliphatic rings. The number of aliphatic imine (C=N–C) groups is 1. The molecular formula is C15H22F6N6. The van der Waals surface area contributed by atoms with E-state index in [4.69, 9.17) is 0 Å². The molecule has 1 unspecified atom stereocenters. The topological polar surface area (TPSA) is 48.7 Å². The molecule has 0 aliphatic carbocycles. The van der Waals surface area contributed by atoms with Crippen LogP contribution in [0.4, 0.5) is 26.3 Å². The van der Waals surface area contributed by atoms with Gasteiger partial charge >= 0.3 is 12.4 Å². The van der Waals surface area contributed by atoms with Gasteiger partial charge in [0.25, 0.3) is 0 Å². The summed E-state index contributed by atoms with van der Waals surface area (Å²) in [6.45, 7) is 1.92. The van der Waals surface area contributed by atoms with E-state index < -0.39 is 24.1 Å². The van der Waals surface area contributed by atoms with Crippen LogP contribution in [-0.4, -0.2) is 71.0 Å². The zero-order chi connectivity index (χ0) is 20.4. The number of hydrogen-bond donors (Lipinski definition) is 1. The van der Waals surface area contributed by atoms with Gasteiger partial charge in [-0.1, -0.05) is 0 Å². The van der Waals surface area contributed by atoms with Crippen LogP contribution in [0.5, 0.6) is 0 Å². The molecule has 0 bridgehead atoms. The minimum Gasteiger partial charge on any atom is -0.352 e. The maximum Gasteiger partial charge on any atom is 0.435 e. The first-order valence-electron chi connectivity index (χ1n) is 8.29. The summed E-state index contributed by atoms with van der Waals surface area (Å²) in [7, 11) is 2.87. The third-order valence-corrected chi connectivity index (χ3v) is 4.46. The number of hydrogen-bond acceptors (Lipinski definition) is 3. The number of guanidine groups is 1. The number of rotatable bonds is 3. The molecule has 1 N–H and O–H groups in total. The molecule has 1 aromatic heterocycles.